The number of rotatable bonds is 5. The molecular weight excluding hydrogens is 360 g/mol. The third-order valence-electron chi connectivity index (χ3n) is 7.89. The molecule has 3 heteroatoms. The molecule has 3 nitrogen and oxygen atoms in total. The van der Waals surface area contributed by atoms with Crippen LogP contribution in [0, 0.1) is 23.2 Å². The first-order valence-corrected chi connectivity index (χ1v) is 11.5. The molecule has 0 saturated heterocycles. The van der Waals surface area contributed by atoms with Crippen LogP contribution >= 0.6 is 0 Å². The third kappa shape index (κ3) is 4.95. The van der Waals surface area contributed by atoms with Crippen LogP contribution in [0.15, 0.2) is 47.6 Å². The second-order valence-corrected chi connectivity index (χ2v) is 10.0. The average Bonchev–Trinajstić information content (AvgIpc) is 3.01. The molecule has 3 fully saturated rings. The minimum Gasteiger partial charge on any atom is -0.393 e. The molecule has 0 aliphatic heterocycles. The Morgan fingerprint density at radius 3 is 2.48 bits per heavy atom. The van der Waals surface area contributed by atoms with Gasteiger partial charge in [0, 0.05) is 0 Å². The maximum atomic E-state index is 10.1. The van der Waals surface area contributed by atoms with E-state index in [1.165, 1.54) is 32.1 Å². The van der Waals surface area contributed by atoms with Gasteiger partial charge in [-0.05, 0) is 87.0 Å². The zero-order valence-corrected chi connectivity index (χ0v) is 18.5. The van der Waals surface area contributed by atoms with Crippen LogP contribution in [0.4, 0.5) is 0 Å². The van der Waals surface area contributed by atoms with Crippen LogP contribution < -0.4 is 0 Å². The van der Waals surface area contributed by atoms with Crippen molar-refractivity contribution in [3.8, 4) is 0 Å². The van der Waals surface area contributed by atoms with Gasteiger partial charge in [0.15, 0.2) is 0 Å². The molecule has 3 rings (SSSR count). The van der Waals surface area contributed by atoms with Gasteiger partial charge in [-0.3, -0.25) is 0 Å². The summed E-state index contributed by atoms with van der Waals surface area (Å²) >= 11 is 0. The van der Waals surface area contributed by atoms with Gasteiger partial charge in [0.2, 0.25) is 0 Å². The highest BCUT2D eigenvalue weighted by Gasteiger charge is 2.50. The lowest BCUT2D eigenvalue weighted by Crippen LogP contribution is -2.35. The number of hydrogen-bond donors (Lipinski definition) is 3. The maximum absolute atomic E-state index is 10.1. The van der Waals surface area contributed by atoms with E-state index in [4.69, 9.17) is 0 Å². The van der Waals surface area contributed by atoms with Crippen molar-refractivity contribution in [2.45, 2.75) is 90.4 Å². The topological polar surface area (TPSA) is 60.7 Å². The quantitative estimate of drug-likeness (QED) is 0.563. The third-order valence-corrected chi connectivity index (χ3v) is 7.89. The molecule has 3 aliphatic rings. The molecule has 0 aromatic heterocycles. The predicted molar refractivity (Wildman–Crippen MR) is 119 cm³/mol. The summed E-state index contributed by atoms with van der Waals surface area (Å²) in [7, 11) is 0. The first-order chi connectivity index (χ1) is 13.7. The van der Waals surface area contributed by atoms with E-state index >= 15 is 0 Å². The highest BCUT2D eigenvalue weighted by atomic mass is 16.3. The Hall–Kier alpha value is -1.16. The molecule has 0 amide bonds. The minimum absolute atomic E-state index is 0.267. The van der Waals surface area contributed by atoms with Crippen LogP contribution in [0.2, 0.25) is 0 Å². The monoisotopic (exact) mass is 400 g/mol. The molecule has 0 spiro atoms. The Bertz CT molecular complexity index is 670. The molecule has 7 atom stereocenters. The van der Waals surface area contributed by atoms with Gasteiger partial charge < -0.3 is 15.3 Å². The molecule has 0 heterocycles. The van der Waals surface area contributed by atoms with Crippen LogP contribution in [-0.4, -0.2) is 33.6 Å². The first kappa shape index (κ1) is 22.5. The van der Waals surface area contributed by atoms with Crippen LogP contribution in [0.5, 0.6) is 0 Å². The second-order valence-electron chi connectivity index (χ2n) is 10.0. The van der Waals surface area contributed by atoms with Gasteiger partial charge in [-0.15, -0.1) is 0 Å². The van der Waals surface area contributed by atoms with Crippen molar-refractivity contribution < 1.29 is 15.3 Å². The molecule has 0 aromatic rings. The van der Waals surface area contributed by atoms with Crippen LogP contribution in [0.1, 0.15) is 72.1 Å². The maximum Gasteiger partial charge on any atom is 0.0809 e. The summed E-state index contributed by atoms with van der Waals surface area (Å²) in [6, 6.07) is 0. The summed E-state index contributed by atoms with van der Waals surface area (Å²) in [6.07, 6.45) is 15.6. The standard InChI is InChI=1S/C26H40O3/c1-17(7-5-8-18(2)27)22-12-13-23-21(9-6-14-26(22,23)4)11-10-20-15-24(28)19(3)25(29)16-20/h5,7,10-11,17-18,22-25,27-29H,3,6,8-9,12-16H2,1-2,4H3/b7-5+,21-11+/t17-,18+,22?,23+,24-,25-,26-/m1/s1. The van der Waals surface area contributed by atoms with Gasteiger partial charge in [0.05, 0.1) is 18.3 Å². The molecule has 0 bridgehead atoms. The van der Waals surface area contributed by atoms with Gasteiger partial charge in [-0.25, -0.2) is 0 Å². The summed E-state index contributed by atoms with van der Waals surface area (Å²) in [6.45, 7) is 10.5. The van der Waals surface area contributed by atoms with Crippen molar-refractivity contribution in [2.24, 2.45) is 23.2 Å². The lowest BCUT2D eigenvalue weighted by atomic mass is 9.61. The zero-order valence-electron chi connectivity index (χ0n) is 18.5. The van der Waals surface area contributed by atoms with E-state index in [1.807, 2.05) is 6.92 Å². The molecule has 0 radical (unpaired) electrons. The number of aliphatic hydroxyl groups excluding tert-OH is 3. The van der Waals surface area contributed by atoms with Gasteiger partial charge >= 0.3 is 0 Å². The van der Waals surface area contributed by atoms with Crippen LogP contribution in [0.25, 0.3) is 0 Å². The highest BCUT2D eigenvalue weighted by molar-refractivity contribution is 5.29. The number of fused-ring (bicyclic) bond motifs is 1. The fraction of sp³-hybridized carbons (Fsp3) is 0.692. The number of allylic oxidation sites excluding steroid dienone is 4. The minimum atomic E-state index is -0.620. The number of aliphatic hydroxyl groups is 3. The molecule has 0 aromatic carbocycles. The van der Waals surface area contributed by atoms with E-state index in [9.17, 15) is 15.3 Å². The molecule has 3 N–H and O–H groups in total. The molecule has 3 aliphatic carbocycles. The van der Waals surface area contributed by atoms with Crippen molar-refractivity contribution in [3.63, 3.8) is 0 Å². The largest absolute Gasteiger partial charge is 0.393 e. The van der Waals surface area contributed by atoms with Gasteiger partial charge in [-0.2, -0.15) is 0 Å². The van der Waals surface area contributed by atoms with Crippen LogP contribution in [-0.2, 0) is 0 Å². The van der Waals surface area contributed by atoms with E-state index in [2.05, 4.69) is 44.7 Å². The first-order valence-electron chi connectivity index (χ1n) is 11.5. The molecule has 29 heavy (non-hydrogen) atoms. The summed E-state index contributed by atoms with van der Waals surface area (Å²) in [5.41, 5.74) is 3.58. The Labute approximate surface area is 176 Å². The van der Waals surface area contributed by atoms with E-state index in [0.29, 0.717) is 41.6 Å². The Morgan fingerprint density at radius 1 is 1.14 bits per heavy atom. The van der Waals surface area contributed by atoms with Crippen molar-refractivity contribution in [1.29, 1.82) is 0 Å². The smallest absolute Gasteiger partial charge is 0.0809 e. The highest BCUT2D eigenvalue weighted by Crippen LogP contribution is 2.59. The Kier molecular flexibility index (Phi) is 7.24. The lowest BCUT2D eigenvalue weighted by Gasteiger charge is -2.44. The van der Waals surface area contributed by atoms with Crippen molar-refractivity contribution in [1.82, 2.24) is 0 Å². The summed E-state index contributed by atoms with van der Waals surface area (Å²) in [4.78, 5) is 0. The molecule has 1 unspecified atom stereocenters. The second kappa shape index (κ2) is 9.32. The van der Waals surface area contributed by atoms with Gasteiger partial charge in [0.25, 0.3) is 0 Å². The van der Waals surface area contributed by atoms with Crippen molar-refractivity contribution in [3.05, 3.63) is 47.6 Å². The Morgan fingerprint density at radius 2 is 1.83 bits per heavy atom. The fourth-order valence-corrected chi connectivity index (χ4v) is 6.19. The van der Waals surface area contributed by atoms with Crippen LogP contribution in [0.3, 0.4) is 0 Å². The molecular formula is C26H40O3. The zero-order chi connectivity index (χ0) is 21.2. The van der Waals surface area contributed by atoms with E-state index in [0.717, 1.165) is 12.0 Å². The summed E-state index contributed by atoms with van der Waals surface area (Å²) in [5, 5.41) is 29.7. The number of hydrogen-bond acceptors (Lipinski definition) is 3. The lowest BCUT2D eigenvalue weighted by molar-refractivity contribution is 0.112. The van der Waals surface area contributed by atoms with E-state index in [1.54, 1.807) is 5.57 Å². The Balaban J connectivity index is 1.72. The van der Waals surface area contributed by atoms with E-state index < -0.39 is 12.2 Å². The van der Waals surface area contributed by atoms with Gasteiger partial charge in [-0.1, -0.05) is 55.9 Å². The normalized spacial score (nSPS) is 39.0. The van der Waals surface area contributed by atoms with E-state index in [-0.39, 0.29) is 6.10 Å². The molecule has 3 saturated carbocycles. The van der Waals surface area contributed by atoms with Crippen molar-refractivity contribution >= 4 is 0 Å². The van der Waals surface area contributed by atoms with Gasteiger partial charge in [0.1, 0.15) is 0 Å². The SMILES string of the molecule is C=C1[C@H](O)CC(=C/C=C2\CCC[C@]3(C)C([C@H](C)/C=C/C[C@H](C)O)CC[C@@H]23)C[C@H]1O. The fourth-order valence-electron chi connectivity index (χ4n) is 6.19. The average molecular weight is 401 g/mol. The van der Waals surface area contributed by atoms with Crippen molar-refractivity contribution in [2.75, 3.05) is 0 Å². The summed E-state index contributed by atoms with van der Waals surface area (Å²) in [5.74, 6) is 1.87. The predicted octanol–water partition coefficient (Wildman–Crippen LogP) is 5.09. The summed E-state index contributed by atoms with van der Waals surface area (Å²) < 4.78 is 0. The molecule has 162 valence electrons.